The van der Waals surface area contributed by atoms with Crippen molar-refractivity contribution in [3.63, 3.8) is 0 Å². The molecule has 1 aromatic carbocycles. The SMILES string of the molecule is COc1ccc(NS(=O)(=O)N(C)C)c(C(=O)O)c1. The van der Waals surface area contributed by atoms with Gasteiger partial charge in [0.2, 0.25) is 0 Å². The van der Waals surface area contributed by atoms with E-state index < -0.39 is 16.2 Å². The molecule has 0 unspecified atom stereocenters. The average molecular weight is 274 g/mol. The highest BCUT2D eigenvalue weighted by atomic mass is 32.2. The number of carbonyl (C=O) groups is 1. The fourth-order valence-corrected chi connectivity index (χ4v) is 1.78. The summed E-state index contributed by atoms with van der Waals surface area (Å²) in [6, 6.07) is 4.05. The molecule has 0 bridgehead atoms. The molecule has 0 aromatic heterocycles. The molecule has 0 aliphatic rings. The zero-order valence-corrected chi connectivity index (χ0v) is 11.0. The van der Waals surface area contributed by atoms with Crippen LogP contribution >= 0.6 is 0 Å². The van der Waals surface area contributed by atoms with Crippen molar-refractivity contribution < 1.29 is 23.1 Å². The van der Waals surface area contributed by atoms with Gasteiger partial charge in [-0.3, -0.25) is 4.72 Å². The van der Waals surface area contributed by atoms with E-state index in [0.717, 1.165) is 4.31 Å². The topological polar surface area (TPSA) is 95.9 Å². The Labute approximate surface area is 105 Å². The molecule has 8 heteroatoms. The second-order valence-corrected chi connectivity index (χ2v) is 5.49. The van der Waals surface area contributed by atoms with Crippen molar-refractivity contribution in [1.29, 1.82) is 0 Å². The van der Waals surface area contributed by atoms with Gasteiger partial charge in [0.25, 0.3) is 0 Å². The van der Waals surface area contributed by atoms with Crippen LogP contribution < -0.4 is 9.46 Å². The number of hydrogen-bond acceptors (Lipinski definition) is 4. The first-order valence-electron chi connectivity index (χ1n) is 4.89. The molecule has 100 valence electrons. The fraction of sp³-hybridized carbons (Fsp3) is 0.300. The molecule has 0 aliphatic carbocycles. The van der Waals surface area contributed by atoms with Crippen LogP contribution in [-0.4, -0.2) is 45.0 Å². The number of carboxylic acids is 1. The molecule has 2 N–H and O–H groups in total. The number of benzene rings is 1. The average Bonchev–Trinajstić information content (AvgIpc) is 2.28. The van der Waals surface area contributed by atoms with Crippen LogP contribution in [0, 0.1) is 0 Å². The number of aromatic carboxylic acids is 1. The van der Waals surface area contributed by atoms with Gasteiger partial charge in [-0.15, -0.1) is 0 Å². The predicted octanol–water partition coefficient (Wildman–Crippen LogP) is 0.612. The first-order valence-corrected chi connectivity index (χ1v) is 6.33. The van der Waals surface area contributed by atoms with Crippen molar-refractivity contribution in [1.82, 2.24) is 4.31 Å². The van der Waals surface area contributed by atoms with Crippen LogP contribution in [0.1, 0.15) is 10.4 Å². The highest BCUT2D eigenvalue weighted by Crippen LogP contribution is 2.23. The van der Waals surface area contributed by atoms with Crippen molar-refractivity contribution >= 4 is 21.9 Å². The normalized spacial score (nSPS) is 11.3. The molecule has 1 rings (SSSR count). The molecule has 0 aliphatic heterocycles. The van der Waals surface area contributed by atoms with E-state index in [1.54, 1.807) is 0 Å². The summed E-state index contributed by atoms with van der Waals surface area (Å²) in [5.74, 6) is -0.912. The Hall–Kier alpha value is -1.80. The summed E-state index contributed by atoms with van der Waals surface area (Å²) < 4.78 is 31.3. The van der Waals surface area contributed by atoms with Gasteiger partial charge >= 0.3 is 16.2 Å². The number of hydrogen-bond donors (Lipinski definition) is 2. The predicted molar refractivity (Wildman–Crippen MR) is 66.2 cm³/mol. The van der Waals surface area contributed by atoms with Crippen LogP contribution in [-0.2, 0) is 10.2 Å². The number of anilines is 1. The Bertz CT molecular complexity index is 553. The maximum absolute atomic E-state index is 11.6. The minimum atomic E-state index is -3.75. The number of ether oxygens (including phenoxy) is 1. The van der Waals surface area contributed by atoms with Gasteiger partial charge in [-0.2, -0.15) is 12.7 Å². The van der Waals surface area contributed by atoms with Gasteiger partial charge in [-0.25, -0.2) is 4.79 Å². The van der Waals surface area contributed by atoms with E-state index in [4.69, 9.17) is 9.84 Å². The minimum Gasteiger partial charge on any atom is -0.497 e. The van der Waals surface area contributed by atoms with Crippen LogP contribution in [0.15, 0.2) is 18.2 Å². The molecular weight excluding hydrogens is 260 g/mol. The van der Waals surface area contributed by atoms with Crippen molar-refractivity contribution in [3.05, 3.63) is 23.8 Å². The van der Waals surface area contributed by atoms with Crippen LogP contribution in [0.4, 0.5) is 5.69 Å². The molecule has 18 heavy (non-hydrogen) atoms. The van der Waals surface area contributed by atoms with Crippen LogP contribution in [0.3, 0.4) is 0 Å². The third-order valence-corrected chi connectivity index (χ3v) is 3.62. The number of nitrogens with zero attached hydrogens (tertiary/aromatic N) is 1. The lowest BCUT2D eigenvalue weighted by molar-refractivity contribution is 0.0697. The number of methoxy groups -OCH3 is 1. The summed E-state index contributed by atoms with van der Waals surface area (Å²) in [5.41, 5.74) is -0.197. The summed E-state index contributed by atoms with van der Waals surface area (Å²) in [7, 11) is 0.325. The largest absolute Gasteiger partial charge is 0.497 e. The Morgan fingerprint density at radius 2 is 2.00 bits per heavy atom. The first kappa shape index (κ1) is 14.3. The Kier molecular flexibility index (Phi) is 4.15. The van der Waals surface area contributed by atoms with Gasteiger partial charge < -0.3 is 9.84 Å². The molecule has 1 aromatic rings. The Morgan fingerprint density at radius 3 is 2.44 bits per heavy atom. The standard InChI is InChI=1S/C10H14N2O5S/c1-12(2)18(15,16)11-9-5-4-7(17-3)6-8(9)10(13)14/h4-6,11H,1-3H3,(H,13,14). The van der Waals surface area contributed by atoms with E-state index in [9.17, 15) is 13.2 Å². The third-order valence-electron chi connectivity index (χ3n) is 2.18. The minimum absolute atomic E-state index is 0.0167. The van der Waals surface area contributed by atoms with Gasteiger partial charge in [0, 0.05) is 14.1 Å². The summed E-state index contributed by atoms with van der Waals surface area (Å²) >= 11 is 0. The molecule has 0 spiro atoms. The molecular formula is C10H14N2O5S. The maximum atomic E-state index is 11.6. The van der Waals surface area contributed by atoms with Gasteiger partial charge in [-0.1, -0.05) is 0 Å². The number of rotatable bonds is 5. The Balaban J connectivity index is 3.21. The van der Waals surface area contributed by atoms with Crippen LogP contribution in [0.25, 0.3) is 0 Å². The quantitative estimate of drug-likeness (QED) is 0.820. The molecule has 0 atom stereocenters. The molecule has 0 amide bonds. The van der Waals surface area contributed by atoms with E-state index in [0.29, 0.717) is 5.75 Å². The molecule has 0 saturated carbocycles. The van der Waals surface area contributed by atoms with Crippen molar-refractivity contribution in [2.75, 3.05) is 25.9 Å². The fourth-order valence-electron chi connectivity index (χ4n) is 1.15. The van der Waals surface area contributed by atoms with E-state index in [-0.39, 0.29) is 11.3 Å². The highest BCUT2D eigenvalue weighted by molar-refractivity contribution is 7.90. The van der Waals surface area contributed by atoms with Crippen molar-refractivity contribution in [2.45, 2.75) is 0 Å². The lowest BCUT2D eigenvalue weighted by Gasteiger charge is -2.15. The highest BCUT2D eigenvalue weighted by Gasteiger charge is 2.18. The first-order chi connectivity index (χ1) is 8.27. The third kappa shape index (κ3) is 3.11. The smallest absolute Gasteiger partial charge is 0.337 e. The monoisotopic (exact) mass is 274 g/mol. The number of carboxylic acid groups (broad SMARTS) is 1. The second-order valence-electron chi connectivity index (χ2n) is 3.61. The van der Waals surface area contributed by atoms with E-state index in [2.05, 4.69) is 4.72 Å². The van der Waals surface area contributed by atoms with Crippen LogP contribution in [0.2, 0.25) is 0 Å². The zero-order valence-electron chi connectivity index (χ0n) is 10.2. The molecule has 0 saturated heterocycles. The lowest BCUT2D eigenvalue weighted by atomic mass is 10.2. The van der Waals surface area contributed by atoms with Crippen LogP contribution in [0.5, 0.6) is 5.75 Å². The lowest BCUT2D eigenvalue weighted by Crippen LogP contribution is -2.29. The molecule has 0 heterocycles. The van der Waals surface area contributed by atoms with E-state index in [1.165, 1.54) is 39.4 Å². The van der Waals surface area contributed by atoms with Gasteiger partial charge in [0.05, 0.1) is 18.4 Å². The van der Waals surface area contributed by atoms with Gasteiger partial charge in [-0.05, 0) is 18.2 Å². The second kappa shape index (κ2) is 5.23. The zero-order chi connectivity index (χ0) is 13.9. The van der Waals surface area contributed by atoms with E-state index >= 15 is 0 Å². The summed E-state index contributed by atoms with van der Waals surface area (Å²) in [6.07, 6.45) is 0. The van der Waals surface area contributed by atoms with E-state index in [1.807, 2.05) is 0 Å². The molecule has 0 fully saturated rings. The van der Waals surface area contributed by atoms with Crippen molar-refractivity contribution in [2.24, 2.45) is 0 Å². The van der Waals surface area contributed by atoms with Crippen molar-refractivity contribution in [3.8, 4) is 5.75 Å². The van der Waals surface area contributed by atoms with Gasteiger partial charge in [0.15, 0.2) is 0 Å². The van der Waals surface area contributed by atoms with Gasteiger partial charge in [0.1, 0.15) is 5.75 Å². The summed E-state index contributed by atoms with van der Waals surface area (Å²) in [4.78, 5) is 11.0. The molecule has 7 nitrogen and oxygen atoms in total. The number of nitrogens with one attached hydrogen (secondary N) is 1. The Morgan fingerprint density at radius 1 is 1.39 bits per heavy atom. The summed E-state index contributed by atoms with van der Waals surface area (Å²) in [6.45, 7) is 0. The maximum Gasteiger partial charge on any atom is 0.337 e. The summed E-state index contributed by atoms with van der Waals surface area (Å²) in [5, 5.41) is 9.02. The molecule has 0 radical (unpaired) electrons.